The number of hydrogen-bond donors (Lipinski definition) is 1. The first-order valence-electron chi connectivity index (χ1n) is 10.4. The predicted molar refractivity (Wildman–Crippen MR) is 129 cm³/mol. The van der Waals surface area contributed by atoms with Crippen LogP contribution in [-0.2, 0) is 0 Å². The van der Waals surface area contributed by atoms with Gasteiger partial charge in [0.2, 0.25) is 0 Å². The Labute approximate surface area is 194 Å². The zero-order chi connectivity index (χ0) is 22.6. The van der Waals surface area contributed by atoms with Crippen molar-refractivity contribution >= 4 is 33.3 Å². The van der Waals surface area contributed by atoms with Crippen LogP contribution in [0.2, 0.25) is 0 Å². The molecule has 0 saturated carbocycles. The molecule has 1 N–H and O–H groups in total. The lowest BCUT2D eigenvalue weighted by molar-refractivity contribution is 0.0998. The molecule has 0 bridgehead atoms. The van der Waals surface area contributed by atoms with Crippen molar-refractivity contribution in [3.05, 3.63) is 90.0 Å². The van der Waals surface area contributed by atoms with E-state index in [2.05, 4.69) is 10.3 Å². The van der Waals surface area contributed by atoms with Gasteiger partial charge in [-0.05, 0) is 55.5 Å². The summed E-state index contributed by atoms with van der Waals surface area (Å²) in [7, 11) is 0. The molecule has 7 heteroatoms. The number of amides is 1. The summed E-state index contributed by atoms with van der Waals surface area (Å²) in [5, 5.41) is 6.01. The molecule has 0 fully saturated rings. The lowest BCUT2D eigenvalue weighted by atomic mass is 10.2. The number of nitrogens with one attached hydrogen (secondary N) is 1. The van der Waals surface area contributed by atoms with Gasteiger partial charge in [0.15, 0.2) is 22.2 Å². The first-order valence-corrected chi connectivity index (χ1v) is 11.3. The van der Waals surface area contributed by atoms with Crippen molar-refractivity contribution < 1.29 is 18.7 Å². The summed E-state index contributed by atoms with van der Waals surface area (Å²) in [5.41, 5.74) is 2.25. The largest absolute Gasteiger partial charge is 0.490 e. The number of benzene rings is 3. The van der Waals surface area contributed by atoms with Gasteiger partial charge in [-0.15, -0.1) is 11.3 Å². The number of rotatable bonds is 7. The van der Waals surface area contributed by atoms with Crippen molar-refractivity contribution in [3.63, 3.8) is 0 Å². The van der Waals surface area contributed by atoms with Gasteiger partial charge in [-0.25, -0.2) is 4.98 Å². The third-order valence-corrected chi connectivity index (χ3v) is 5.64. The SMILES string of the molecule is CCOc1cccc2cc(C(=O)Nc3nc(-c4ccc(Oc5ccccc5)cc4)cs3)oc12. The summed E-state index contributed by atoms with van der Waals surface area (Å²) >= 11 is 1.35. The van der Waals surface area contributed by atoms with Gasteiger partial charge in [0, 0.05) is 16.3 Å². The second kappa shape index (κ2) is 9.18. The number of carbonyl (C=O) groups is 1. The van der Waals surface area contributed by atoms with E-state index in [0.717, 1.165) is 28.1 Å². The highest BCUT2D eigenvalue weighted by atomic mass is 32.1. The lowest BCUT2D eigenvalue weighted by Gasteiger charge is -2.05. The summed E-state index contributed by atoms with van der Waals surface area (Å²) in [6.45, 7) is 2.42. The summed E-state index contributed by atoms with van der Waals surface area (Å²) in [5.74, 6) is 1.98. The molecule has 0 unspecified atom stereocenters. The maximum Gasteiger partial charge on any atom is 0.293 e. The number of fused-ring (bicyclic) bond motifs is 1. The second-order valence-corrected chi connectivity index (χ2v) is 8.01. The molecule has 5 rings (SSSR count). The first-order chi connectivity index (χ1) is 16.2. The Hall–Kier alpha value is -4.10. The van der Waals surface area contributed by atoms with E-state index in [1.54, 1.807) is 6.07 Å². The third-order valence-electron chi connectivity index (χ3n) is 4.89. The molecule has 0 saturated heterocycles. The molecule has 0 radical (unpaired) electrons. The molecule has 164 valence electrons. The third kappa shape index (κ3) is 4.58. The molecule has 0 aliphatic rings. The fourth-order valence-corrected chi connectivity index (χ4v) is 4.07. The standard InChI is InChI=1S/C26H20N2O4S/c1-2-30-22-10-6-7-18-15-23(32-24(18)22)25(29)28-26-27-21(16-33-26)17-11-13-20(14-12-17)31-19-8-4-3-5-9-19/h3-16H,2H2,1H3,(H,27,28,29). The Morgan fingerprint density at radius 3 is 2.58 bits per heavy atom. The molecular formula is C26H20N2O4S. The minimum atomic E-state index is -0.360. The molecule has 1 amide bonds. The van der Waals surface area contributed by atoms with E-state index in [0.29, 0.717) is 23.1 Å². The van der Waals surface area contributed by atoms with E-state index in [1.165, 1.54) is 11.3 Å². The Kier molecular flexibility index (Phi) is 5.78. The van der Waals surface area contributed by atoms with Crippen LogP contribution in [-0.4, -0.2) is 17.5 Å². The minimum Gasteiger partial charge on any atom is -0.490 e. The van der Waals surface area contributed by atoms with E-state index in [-0.39, 0.29) is 11.7 Å². The number of thiazole rings is 1. The van der Waals surface area contributed by atoms with E-state index in [9.17, 15) is 4.79 Å². The van der Waals surface area contributed by atoms with Crippen LogP contribution in [0, 0.1) is 0 Å². The lowest BCUT2D eigenvalue weighted by Crippen LogP contribution is -2.10. The average Bonchev–Trinajstić information content (AvgIpc) is 3.48. The normalized spacial score (nSPS) is 10.8. The van der Waals surface area contributed by atoms with Crippen molar-refractivity contribution in [3.8, 4) is 28.5 Å². The van der Waals surface area contributed by atoms with E-state index in [4.69, 9.17) is 13.9 Å². The Morgan fingerprint density at radius 2 is 1.79 bits per heavy atom. The van der Waals surface area contributed by atoms with Crippen LogP contribution < -0.4 is 14.8 Å². The smallest absolute Gasteiger partial charge is 0.293 e. The van der Waals surface area contributed by atoms with Gasteiger partial charge in [-0.1, -0.05) is 30.3 Å². The van der Waals surface area contributed by atoms with Gasteiger partial charge in [0.05, 0.1) is 12.3 Å². The van der Waals surface area contributed by atoms with Crippen LogP contribution in [0.4, 0.5) is 5.13 Å². The highest BCUT2D eigenvalue weighted by Gasteiger charge is 2.17. The zero-order valence-electron chi connectivity index (χ0n) is 17.8. The van der Waals surface area contributed by atoms with Crippen molar-refractivity contribution in [1.82, 2.24) is 4.98 Å². The molecule has 2 aromatic heterocycles. The van der Waals surface area contributed by atoms with Gasteiger partial charge in [0.1, 0.15) is 11.5 Å². The van der Waals surface area contributed by atoms with Gasteiger partial charge in [-0.2, -0.15) is 0 Å². The van der Waals surface area contributed by atoms with Gasteiger partial charge < -0.3 is 13.9 Å². The Balaban J connectivity index is 1.28. The molecule has 33 heavy (non-hydrogen) atoms. The van der Waals surface area contributed by atoms with Crippen molar-refractivity contribution in [1.29, 1.82) is 0 Å². The number of aromatic nitrogens is 1. The monoisotopic (exact) mass is 456 g/mol. The van der Waals surface area contributed by atoms with Crippen LogP contribution in [0.25, 0.3) is 22.2 Å². The summed E-state index contributed by atoms with van der Waals surface area (Å²) in [4.78, 5) is 17.3. The average molecular weight is 457 g/mol. The molecule has 3 aromatic carbocycles. The highest BCUT2D eigenvalue weighted by molar-refractivity contribution is 7.14. The van der Waals surface area contributed by atoms with Crippen LogP contribution in [0.3, 0.4) is 0 Å². The summed E-state index contributed by atoms with van der Waals surface area (Å²) in [6, 6.07) is 24.5. The fourth-order valence-electron chi connectivity index (χ4n) is 3.36. The molecule has 0 aliphatic carbocycles. The van der Waals surface area contributed by atoms with Crippen LogP contribution in [0.1, 0.15) is 17.5 Å². The van der Waals surface area contributed by atoms with E-state index < -0.39 is 0 Å². The number of para-hydroxylation sites is 2. The number of carbonyl (C=O) groups excluding carboxylic acids is 1. The number of hydrogen-bond acceptors (Lipinski definition) is 6. The predicted octanol–water partition coefficient (Wildman–Crippen LogP) is 7.00. The molecule has 6 nitrogen and oxygen atoms in total. The highest BCUT2D eigenvalue weighted by Crippen LogP contribution is 2.31. The molecule has 5 aromatic rings. The molecule has 0 aliphatic heterocycles. The Morgan fingerprint density at radius 1 is 1.00 bits per heavy atom. The van der Waals surface area contributed by atoms with Crippen LogP contribution in [0.15, 0.2) is 88.7 Å². The molecule has 2 heterocycles. The van der Waals surface area contributed by atoms with Crippen molar-refractivity contribution in [2.75, 3.05) is 11.9 Å². The molecular weight excluding hydrogens is 436 g/mol. The number of ether oxygens (including phenoxy) is 2. The maximum atomic E-state index is 12.7. The number of furan rings is 1. The van der Waals surface area contributed by atoms with Crippen LogP contribution in [0.5, 0.6) is 17.2 Å². The molecule has 0 spiro atoms. The number of anilines is 1. The topological polar surface area (TPSA) is 73.6 Å². The van der Waals surface area contributed by atoms with Crippen molar-refractivity contribution in [2.45, 2.75) is 6.92 Å². The second-order valence-electron chi connectivity index (χ2n) is 7.15. The number of nitrogens with zero attached hydrogens (tertiary/aromatic N) is 1. The van der Waals surface area contributed by atoms with Gasteiger partial charge >= 0.3 is 0 Å². The van der Waals surface area contributed by atoms with Gasteiger partial charge in [0.25, 0.3) is 5.91 Å². The first kappa shape index (κ1) is 20.8. The maximum absolute atomic E-state index is 12.7. The fraction of sp³-hybridized carbons (Fsp3) is 0.0769. The zero-order valence-corrected chi connectivity index (χ0v) is 18.6. The summed E-state index contributed by atoms with van der Waals surface area (Å²) < 4.78 is 17.2. The summed E-state index contributed by atoms with van der Waals surface area (Å²) in [6.07, 6.45) is 0. The minimum absolute atomic E-state index is 0.205. The van der Waals surface area contributed by atoms with Gasteiger partial charge in [-0.3, -0.25) is 10.1 Å². The molecule has 0 atom stereocenters. The quantitative estimate of drug-likeness (QED) is 0.285. The van der Waals surface area contributed by atoms with Crippen LogP contribution >= 0.6 is 11.3 Å². The van der Waals surface area contributed by atoms with Crippen molar-refractivity contribution in [2.24, 2.45) is 0 Å². The Bertz CT molecular complexity index is 1390. The van der Waals surface area contributed by atoms with E-state index in [1.807, 2.05) is 85.1 Å². The van der Waals surface area contributed by atoms with E-state index >= 15 is 0 Å².